The van der Waals surface area contributed by atoms with Gasteiger partial charge in [0.25, 0.3) is 5.56 Å². The van der Waals surface area contributed by atoms with E-state index in [1.807, 2.05) is 25.1 Å². The largest absolute Gasteiger partial charge is 0.378 e. The molecule has 1 N–H and O–H groups in total. The van der Waals surface area contributed by atoms with Gasteiger partial charge in [0.1, 0.15) is 6.54 Å². The number of carbonyl (C=O) groups is 1. The van der Waals surface area contributed by atoms with Gasteiger partial charge in [0, 0.05) is 24.0 Å². The first-order chi connectivity index (χ1) is 11.1. The number of rotatable bonds is 3. The fourth-order valence-electron chi connectivity index (χ4n) is 3.66. The van der Waals surface area contributed by atoms with E-state index < -0.39 is 0 Å². The Bertz CT molecular complexity index is 829. The highest BCUT2D eigenvalue weighted by Crippen LogP contribution is 2.38. The normalized spacial score (nSPS) is 25.9. The molecule has 1 aromatic carbocycles. The molecule has 1 saturated heterocycles. The van der Waals surface area contributed by atoms with Crippen LogP contribution in [-0.2, 0) is 16.1 Å². The van der Waals surface area contributed by atoms with Gasteiger partial charge >= 0.3 is 0 Å². The van der Waals surface area contributed by atoms with Gasteiger partial charge in [0.05, 0.1) is 17.2 Å². The predicted molar refractivity (Wildman–Crippen MR) is 85.1 cm³/mol. The molecule has 23 heavy (non-hydrogen) atoms. The molecule has 0 radical (unpaired) electrons. The lowest BCUT2D eigenvalue weighted by Gasteiger charge is -2.39. The second kappa shape index (κ2) is 5.45. The lowest BCUT2D eigenvalue weighted by Crippen LogP contribution is -2.54. The van der Waals surface area contributed by atoms with Crippen molar-refractivity contribution in [3.63, 3.8) is 0 Å². The van der Waals surface area contributed by atoms with Crippen molar-refractivity contribution in [3.8, 4) is 0 Å². The predicted octanol–water partition coefficient (Wildman–Crippen LogP) is 0.999. The van der Waals surface area contributed by atoms with Gasteiger partial charge in [-0.05, 0) is 25.8 Å². The molecule has 1 aliphatic carbocycles. The molecule has 1 aliphatic heterocycles. The van der Waals surface area contributed by atoms with Gasteiger partial charge in [-0.1, -0.05) is 18.2 Å². The van der Waals surface area contributed by atoms with E-state index in [9.17, 15) is 9.59 Å². The van der Waals surface area contributed by atoms with Crippen LogP contribution in [0.2, 0.25) is 0 Å². The van der Waals surface area contributed by atoms with Crippen LogP contribution in [-0.4, -0.2) is 34.4 Å². The average Bonchev–Trinajstić information content (AvgIpc) is 2.91. The summed E-state index contributed by atoms with van der Waals surface area (Å²) in [4.78, 5) is 24.7. The number of hydrogen-bond donors (Lipinski definition) is 1. The van der Waals surface area contributed by atoms with Gasteiger partial charge in [-0.25, -0.2) is 4.68 Å². The third-order valence-corrected chi connectivity index (χ3v) is 4.96. The number of aromatic nitrogens is 2. The van der Waals surface area contributed by atoms with Crippen molar-refractivity contribution in [2.24, 2.45) is 5.92 Å². The van der Waals surface area contributed by atoms with Crippen LogP contribution in [0.1, 0.15) is 18.5 Å². The maximum absolute atomic E-state index is 12.5. The zero-order valence-electron chi connectivity index (χ0n) is 13.0. The Morgan fingerprint density at radius 3 is 2.96 bits per heavy atom. The molecular formula is C17H19N3O3. The van der Waals surface area contributed by atoms with Gasteiger partial charge in [0.2, 0.25) is 5.91 Å². The third kappa shape index (κ3) is 2.43. The van der Waals surface area contributed by atoms with Crippen LogP contribution < -0.4 is 10.9 Å². The van der Waals surface area contributed by atoms with Gasteiger partial charge in [-0.3, -0.25) is 9.59 Å². The molecule has 1 amide bonds. The maximum atomic E-state index is 12.5. The molecule has 2 aromatic rings. The van der Waals surface area contributed by atoms with Gasteiger partial charge < -0.3 is 10.1 Å². The third-order valence-electron chi connectivity index (χ3n) is 4.96. The number of fused-ring (bicyclic) bond motifs is 2. The topological polar surface area (TPSA) is 73.2 Å². The Labute approximate surface area is 133 Å². The van der Waals surface area contributed by atoms with Crippen molar-refractivity contribution in [1.82, 2.24) is 15.1 Å². The second-order valence-electron chi connectivity index (χ2n) is 6.37. The molecular weight excluding hydrogens is 294 g/mol. The fraction of sp³-hybridized carbons (Fsp3) is 0.471. The molecule has 0 spiro atoms. The number of aryl methyl sites for hydroxylation is 1. The maximum Gasteiger partial charge on any atom is 0.275 e. The van der Waals surface area contributed by atoms with Crippen molar-refractivity contribution in [2.75, 3.05) is 6.61 Å². The van der Waals surface area contributed by atoms with Crippen molar-refractivity contribution in [2.45, 2.75) is 38.5 Å². The van der Waals surface area contributed by atoms with Crippen molar-refractivity contribution in [3.05, 3.63) is 40.3 Å². The summed E-state index contributed by atoms with van der Waals surface area (Å²) in [6.45, 7) is 2.59. The van der Waals surface area contributed by atoms with E-state index in [4.69, 9.17) is 4.74 Å². The Balaban J connectivity index is 1.52. The number of nitrogens with zero attached hydrogens (tertiary/aromatic N) is 2. The Kier molecular flexibility index (Phi) is 3.41. The van der Waals surface area contributed by atoms with Crippen LogP contribution in [0.3, 0.4) is 0 Å². The summed E-state index contributed by atoms with van der Waals surface area (Å²) in [5.41, 5.74) is 0.526. The van der Waals surface area contributed by atoms with Crippen molar-refractivity contribution in [1.29, 1.82) is 0 Å². The molecule has 6 heteroatoms. The molecule has 6 nitrogen and oxygen atoms in total. The molecule has 0 bridgehead atoms. The van der Waals surface area contributed by atoms with Gasteiger partial charge in [-0.2, -0.15) is 5.10 Å². The Morgan fingerprint density at radius 1 is 1.39 bits per heavy atom. The highest BCUT2D eigenvalue weighted by atomic mass is 16.5. The second-order valence-corrected chi connectivity index (χ2v) is 6.37. The molecule has 1 aromatic heterocycles. The van der Waals surface area contributed by atoms with Gasteiger partial charge in [0.15, 0.2) is 0 Å². The minimum Gasteiger partial charge on any atom is -0.378 e. The molecule has 3 atom stereocenters. The molecule has 2 aliphatic rings. The number of amides is 1. The summed E-state index contributed by atoms with van der Waals surface area (Å²) in [6, 6.07) is 7.52. The van der Waals surface area contributed by atoms with E-state index in [0.717, 1.165) is 30.5 Å². The fourth-order valence-corrected chi connectivity index (χ4v) is 3.66. The molecule has 0 unspecified atom stereocenters. The molecule has 2 fully saturated rings. The van der Waals surface area contributed by atoms with E-state index in [0.29, 0.717) is 17.4 Å². The van der Waals surface area contributed by atoms with E-state index in [2.05, 4.69) is 10.4 Å². The van der Waals surface area contributed by atoms with E-state index >= 15 is 0 Å². The summed E-state index contributed by atoms with van der Waals surface area (Å²) in [5.74, 6) is 0.270. The monoisotopic (exact) mass is 313 g/mol. The Morgan fingerprint density at radius 2 is 2.17 bits per heavy atom. The summed E-state index contributed by atoms with van der Waals surface area (Å²) >= 11 is 0. The van der Waals surface area contributed by atoms with Crippen LogP contribution in [0.4, 0.5) is 0 Å². The minimum atomic E-state index is -0.225. The Hall–Kier alpha value is -2.21. The van der Waals surface area contributed by atoms with Crippen LogP contribution in [0.15, 0.2) is 29.1 Å². The lowest BCUT2D eigenvalue weighted by molar-refractivity contribution is -0.124. The first kappa shape index (κ1) is 14.4. The standard InChI is InChI=1S/C17H19N3O3/c1-10-11-4-2-3-5-12(11)17(22)20(19-10)9-16(21)18-14-8-15-13(14)6-7-23-15/h2-5,13-15H,6-9H2,1H3,(H,18,21)/t13-,14+,15+/m1/s1. The summed E-state index contributed by atoms with van der Waals surface area (Å²) in [5, 5.41) is 8.72. The zero-order chi connectivity index (χ0) is 16.0. The summed E-state index contributed by atoms with van der Waals surface area (Å²) in [7, 11) is 0. The van der Waals surface area contributed by atoms with Crippen molar-refractivity contribution < 1.29 is 9.53 Å². The first-order valence-corrected chi connectivity index (χ1v) is 8.01. The number of hydrogen-bond acceptors (Lipinski definition) is 4. The smallest absolute Gasteiger partial charge is 0.275 e. The zero-order valence-corrected chi connectivity index (χ0v) is 13.0. The summed E-state index contributed by atoms with van der Waals surface area (Å²) < 4.78 is 6.80. The first-order valence-electron chi connectivity index (χ1n) is 8.01. The molecule has 1 saturated carbocycles. The number of ether oxygens (including phenoxy) is 1. The van der Waals surface area contributed by atoms with Crippen LogP contribution in [0.25, 0.3) is 10.8 Å². The van der Waals surface area contributed by atoms with E-state index in [-0.39, 0.29) is 24.1 Å². The van der Waals surface area contributed by atoms with Crippen LogP contribution in [0, 0.1) is 12.8 Å². The number of carbonyl (C=O) groups excluding carboxylic acids is 1. The number of benzene rings is 1. The lowest BCUT2D eigenvalue weighted by atomic mass is 9.76. The highest BCUT2D eigenvalue weighted by Gasteiger charge is 2.45. The van der Waals surface area contributed by atoms with E-state index in [1.54, 1.807) is 6.07 Å². The highest BCUT2D eigenvalue weighted by molar-refractivity contribution is 5.83. The van der Waals surface area contributed by atoms with Crippen molar-refractivity contribution >= 4 is 16.7 Å². The SMILES string of the molecule is Cc1nn(CC(=O)N[C@H]2C[C@@H]3OCC[C@H]23)c(=O)c2ccccc12. The quantitative estimate of drug-likeness (QED) is 0.917. The number of nitrogens with one attached hydrogen (secondary N) is 1. The minimum absolute atomic E-state index is 0.0424. The van der Waals surface area contributed by atoms with Crippen LogP contribution >= 0.6 is 0 Å². The average molecular weight is 313 g/mol. The van der Waals surface area contributed by atoms with Gasteiger partial charge in [-0.15, -0.1) is 0 Å². The molecule has 120 valence electrons. The molecule has 2 heterocycles. The van der Waals surface area contributed by atoms with E-state index in [1.165, 1.54) is 4.68 Å². The van der Waals surface area contributed by atoms with Crippen LogP contribution in [0.5, 0.6) is 0 Å². The molecule has 4 rings (SSSR count). The summed E-state index contributed by atoms with van der Waals surface area (Å²) in [6.07, 6.45) is 2.18.